The highest BCUT2D eigenvalue weighted by Gasteiger charge is 2.50. The van der Waals surface area contributed by atoms with Gasteiger partial charge in [0.05, 0.1) is 19.3 Å². The zero-order valence-corrected chi connectivity index (χ0v) is 20.8. The van der Waals surface area contributed by atoms with Gasteiger partial charge in [-0.05, 0) is 50.3 Å². The third-order valence-electron chi connectivity index (χ3n) is 5.81. The summed E-state index contributed by atoms with van der Waals surface area (Å²) in [6.07, 6.45) is 2.65. The van der Waals surface area contributed by atoms with Gasteiger partial charge in [0, 0.05) is 0 Å². The number of nitrogens with one attached hydrogen (secondary N) is 2. The minimum absolute atomic E-state index is 0.0729. The first kappa shape index (κ1) is 26.5. The Morgan fingerprint density at radius 1 is 1.03 bits per heavy atom. The molecule has 1 aliphatic heterocycles. The highest BCUT2D eigenvalue weighted by molar-refractivity contribution is 6.09. The van der Waals surface area contributed by atoms with Crippen LogP contribution in [0.2, 0.25) is 0 Å². The third kappa shape index (κ3) is 6.18. The van der Waals surface area contributed by atoms with Gasteiger partial charge in [-0.3, -0.25) is 14.5 Å². The van der Waals surface area contributed by atoms with Gasteiger partial charge in [-0.1, -0.05) is 46.6 Å². The van der Waals surface area contributed by atoms with Crippen LogP contribution in [0.15, 0.2) is 18.2 Å². The van der Waals surface area contributed by atoms with Gasteiger partial charge in [0.1, 0.15) is 12.1 Å². The van der Waals surface area contributed by atoms with Gasteiger partial charge in [0.2, 0.25) is 5.91 Å². The first-order valence-corrected chi connectivity index (χ1v) is 12.1. The summed E-state index contributed by atoms with van der Waals surface area (Å²) in [5, 5.41) is 5.85. The van der Waals surface area contributed by atoms with Crippen molar-refractivity contribution < 1.29 is 23.9 Å². The van der Waals surface area contributed by atoms with Gasteiger partial charge in [-0.2, -0.15) is 0 Å². The Morgan fingerprint density at radius 2 is 1.64 bits per heavy atom. The molecule has 8 heteroatoms. The number of hydrogen-bond donors (Lipinski definition) is 2. The van der Waals surface area contributed by atoms with E-state index in [4.69, 9.17) is 9.47 Å². The minimum Gasteiger partial charge on any atom is -0.490 e. The van der Waals surface area contributed by atoms with Crippen LogP contribution in [0.5, 0.6) is 11.5 Å². The fourth-order valence-corrected chi connectivity index (χ4v) is 4.40. The van der Waals surface area contributed by atoms with E-state index in [0.29, 0.717) is 37.6 Å². The summed E-state index contributed by atoms with van der Waals surface area (Å²) in [7, 11) is 0. The molecule has 0 saturated carbocycles. The first-order chi connectivity index (χ1) is 15.7. The van der Waals surface area contributed by atoms with Crippen LogP contribution in [0.1, 0.15) is 78.8 Å². The molecule has 0 aromatic heterocycles. The molecule has 1 unspecified atom stereocenters. The number of hydrogen-bond acceptors (Lipinski definition) is 5. The molecule has 1 heterocycles. The molecule has 1 aliphatic rings. The maximum atomic E-state index is 13.1. The zero-order valence-electron chi connectivity index (χ0n) is 20.8. The molecule has 2 rings (SSSR count). The molecule has 33 heavy (non-hydrogen) atoms. The Hall–Kier alpha value is -2.77. The summed E-state index contributed by atoms with van der Waals surface area (Å²) >= 11 is 0. The highest BCUT2D eigenvalue weighted by Crippen LogP contribution is 2.33. The Kier molecular flexibility index (Phi) is 9.56. The van der Waals surface area contributed by atoms with Crippen LogP contribution in [0, 0.1) is 5.92 Å². The molecule has 1 atom stereocenters. The van der Waals surface area contributed by atoms with Crippen molar-refractivity contribution in [1.29, 1.82) is 0 Å². The summed E-state index contributed by atoms with van der Waals surface area (Å²) in [5.41, 5.74) is -0.0337. The molecule has 2 N–H and O–H groups in total. The zero-order chi connectivity index (χ0) is 24.6. The number of rotatable bonds is 13. The smallest absolute Gasteiger partial charge is 0.325 e. The molecule has 0 spiro atoms. The predicted octanol–water partition coefficient (Wildman–Crippen LogP) is 4.19. The van der Waals surface area contributed by atoms with E-state index in [0.717, 1.165) is 23.3 Å². The van der Waals surface area contributed by atoms with Crippen molar-refractivity contribution in [2.45, 2.75) is 78.8 Å². The van der Waals surface area contributed by atoms with Gasteiger partial charge >= 0.3 is 6.03 Å². The monoisotopic (exact) mass is 461 g/mol. The van der Waals surface area contributed by atoms with Crippen molar-refractivity contribution in [2.75, 3.05) is 19.8 Å². The molecule has 0 aliphatic carbocycles. The first-order valence-electron chi connectivity index (χ1n) is 12.1. The molecule has 1 saturated heterocycles. The van der Waals surface area contributed by atoms with E-state index in [2.05, 4.69) is 10.6 Å². The predicted molar refractivity (Wildman–Crippen MR) is 127 cm³/mol. The van der Waals surface area contributed by atoms with Crippen LogP contribution < -0.4 is 20.1 Å². The quantitative estimate of drug-likeness (QED) is 0.430. The second-order valence-electron chi connectivity index (χ2n) is 8.76. The fourth-order valence-electron chi connectivity index (χ4n) is 4.40. The number of carbonyl (C=O) groups is 3. The number of benzene rings is 1. The summed E-state index contributed by atoms with van der Waals surface area (Å²) < 4.78 is 11.4. The lowest BCUT2D eigenvalue weighted by molar-refractivity contribution is -0.135. The van der Waals surface area contributed by atoms with Gasteiger partial charge in [-0.15, -0.1) is 0 Å². The molecule has 4 amide bonds. The molecular formula is C25H39N3O5. The van der Waals surface area contributed by atoms with Gasteiger partial charge in [0.15, 0.2) is 11.5 Å². The van der Waals surface area contributed by atoms with E-state index < -0.39 is 11.6 Å². The highest BCUT2D eigenvalue weighted by atomic mass is 16.5. The molecule has 1 aromatic rings. The van der Waals surface area contributed by atoms with E-state index in [1.165, 1.54) is 0 Å². The van der Waals surface area contributed by atoms with Crippen molar-refractivity contribution in [1.82, 2.24) is 15.5 Å². The van der Waals surface area contributed by atoms with E-state index in [-0.39, 0.29) is 30.3 Å². The summed E-state index contributed by atoms with van der Waals surface area (Å²) in [6.45, 7) is 12.5. The molecule has 0 radical (unpaired) electrons. The van der Waals surface area contributed by atoms with E-state index in [1.807, 2.05) is 59.7 Å². The number of amides is 4. The van der Waals surface area contributed by atoms with Gasteiger partial charge in [0.25, 0.3) is 5.91 Å². The molecule has 8 nitrogen and oxygen atoms in total. The SMILES string of the molecule is CCCC1(CCC)NC(=O)N(CC(=O)NC(c2ccc(OCC)c(OCC)c2)C(C)C)C1=O. The lowest BCUT2D eigenvalue weighted by Crippen LogP contribution is -2.47. The van der Waals surface area contributed by atoms with Gasteiger partial charge in [-0.25, -0.2) is 4.79 Å². The maximum Gasteiger partial charge on any atom is 0.325 e. The molecule has 1 aromatic carbocycles. The maximum absolute atomic E-state index is 13.1. The van der Waals surface area contributed by atoms with Crippen molar-refractivity contribution in [3.63, 3.8) is 0 Å². The Labute approximate surface area is 197 Å². The topological polar surface area (TPSA) is 97.0 Å². The van der Waals surface area contributed by atoms with E-state index >= 15 is 0 Å². The van der Waals surface area contributed by atoms with Crippen LogP contribution >= 0.6 is 0 Å². The van der Waals surface area contributed by atoms with Crippen molar-refractivity contribution in [3.8, 4) is 11.5 Å². The fraction of sp³-hybridized carbons (Fsp3) is 0.640. The van der Waals surface area contributed by atoms with Crippen LogP contribution in [-0.4, -0.2) is 48.0 Å². The molecule has 1 fully saturated rings. The number of imide groups is 1. The van der Waals surface area contributed by atoms with Crippen LogP contribution in [0.25, 0.3) is 0 Å². The Bertz CT molecular complexity index is 833. The number of urea groups is 1. The number of ether oxygens (including phenoxy) is 2. The summed E-state index contributed by atoms with van der Waals surface area (Å²) in [5.74, 6) is 0.651. The third-order valence-corrected chi connectivity index (χ3v) is 5.81. The molecule has 184 valence electrons. The largest absolute Gasteiger partial charge is 0.490 e. The van der Waals surface area contributed by atoms with Crippen LogP contribution in [-0.2, 0) is 9.59 Å². The number of carbonyl (C=O) groups excluding carboxylic acids is 3. The van der Waals surface area contributed by atoms with Gasteiger partial charge < -0.3 is 20.1 Å². The number of nitrogens with zero attached hydrogens (tertiary/aromatic N) is 1. The lowest BCUT2D eigenvalue weighted by Gasteiger charge is -2.26. The average Bonchev–Trinajstić information content (AvgIpc) is 2.98. The average molecular weight is 462 g/mol. The summed E-state index contributed by atoms with van der Waals surface area (Å²) in [6, 6.07) is 4.80. The summed E-state index contributed by atoms with van der Waals surface area (Å²) in [4.78, 5) is 39.7. The van der Waals surface area contributed by atoms with Crippen LogP contribution in [0.4, 0.5) is 4.79 Å². The standard InChI is InChI=1S/C25H39N3O5/c1-7-13-25(14-8-2)23(30)28(24(31)27-25)16-21(29)26-22(17(5)6)18-11-12-19(32-9-3)20(15-18)33-10-4/h11-12,15,17,22H,7-10,13-14,16H2,1-6H3,(H,26,29)(H,27,31). The van der Waals surface area contributed by atoms with Crippen molar-refractivity contribution in [3.05, 3.63) is 23.8 Å². The normalized spacial score (nSPS) is 16.0. The lowest BCUT2D eigenvalue weighted by atomic mass is 9.88. The van der Waals surface area contributed by atoms with E-state index in [1.54, 1.807) is 0 Å². The van der Waals surface area contributed by atoms with Crippen LogP contribution in [0.3, 0.4) is 0 Å². The molecule has 0 bridgehead atoms. The second kappa shape index (κ2) is 11.9. The Balaban J connectivity index is 2.19. The second-order valence-corrected chi connectivity index (χ2v) is 8.76. The minimum atomic E-state index is -0.903. The van der Waals surface area contributed by atoms with E-state index in [9.17, 15) is 14.4 Å². The Morgan fingerprint density at radius 3 is 2.18 bits per heavy atom. The van der Waals surface area contributed by atoms with Crippen molar-refractivity contribution >= 4 is 17.8 Å². The molecular weight excluding hydrogens is 422 g/mol. The van der Waals surface area contributed by atoms with Crippen molar-refractivity contribution in [2.24, 2.45) is 5.92 Å².